The lowest BCUT2D eigenvalue weighted by Gasteiger charge is -2.43. The second-order valence-corrected chi connectivity index (χ2v) is 8.59. The molecular formula is C24H31N3O. The molecule has 4 nitrogen and oxygen atoms in total. The van der Waals surface area contributed by atoms with Gasteiger partial charge in [-0.2, -0.15) is 0 Å². The number of hydrogen-bond acceptors (Lipinski definition) is 2. The van der Waals surface area contributed by atoms with Crippen LogP contribution in [0.3, 0.4) is 0 Å². The maximum Gasteiger partial charge on any atom is 0.317 e. The number of rotatable bonds is 5. The number of amides is 2. The third-order valence-corrected chi connectivity index (χ3v) is 6.43. The maximum absolute atomic E-state index is 12.5. The summed E-state index contributed by atoms with van der Waals surface area (Å²) >= 11 is 0. The SMILES string of the molecule is CN(C)C(=O)NC1(c2ccccc2)CCN(C[C@@H]2C[C@@H]2c2ccccc2)CC1. The first kappa shape index (κ1) is 19.0. The largest absolute Gasteiger partial charge is 0.331 e. The van der Waals surface area contributed by atoms with Gasteiger partial charge in [-0.05, 0) is 42.2 Å². The minimum Gasteiger partial charge on any atom is -0.331 e. The number of carbonyl (C=O) groups is 1. The van der Waals surface area contributed by atoms with Crippen molar-refractivity contribution in [1.29, 1.82) is 0 Å². The minimum atomic E-state index is -0.262. The lowest BCUT2D eigenvalue weighted by molar-refractivity contribution is 0.126. The molecule has 2 aromatic rings. The molecule has 1 N–H and O–H groups in total. The maximum atomic E-state index is 12.5. The molecule has 0 aromatic heterocycles. The van der Waals surface area contributed by atoms with Gasteiger partial charge in [0.15, 0.2) is 0 Å². The summed E-state index contributed by atoms with van der Waals surface area (Å²) in [5, 5.41) is 3.33. The number of nitrogens with one attached hydrogen (secondary N) is 1. The quantitative estimate of drug-likeness (QED) is 0.853. The van der Waals surface area contributed by atoms with Crippen molar-refractivity contribution < 1.29 is 4.79 Å². The Bertz CT molecular complexity index is 782. The Kier molecular flexibility index (Phi) is 5.40. The third kappa shape index (κ3) is 4.07. The van der Waals surface area contributed by atoms with Gasteiger partial charge in [0.1, 0.15) is 0 Å². The van der Waals surface area contributed by atoms with Gasteiger partial charge in [-0.1, -0.05) is 60.7 Å². The van der Waals surface area contributed by atoms with Crippen LogP contribution in [0.2, 0.25) is 0 Å². The van der Waals surface area contributed by atoms with E-state index < -0.39 is 0 Å². The Balaban J connectivity index is 1.39. The first-order chi connectivity index (χ1) is 13.6. The van der Waals surface area contributed by atoms with E-state index in [1.165, 1.54) is 24.1 Å². The van der Waals surface area contributed by atoms with E-state index in [-0.39, 0.29) is 11.6 Å². The van der Waals surface area contributed by atoms with Crippen molar-refractivity contribution in [2.24, 2.45) is 5.92 Å². The van der Waals surface area contributed by atoms with Gasteiger partial charge >= 0.3 is 6.03 Å². The van der Waals surface area contributed by atoms with Crippen LogP contribution in [-0.4, -0.2) is 49.6 Å². The van der Waals surface area contributed by atoms with Gasteiger partial charge in [-0.25, -0.2) is 4.79 Å². The number of likely N-dealkylation sites (tertiary alicyclic amines) is 1. The molecule has 0 spiro atoms. The fourth-order valence-electron chi connectivity index (χ4n) is 4.57. The van der Waals surface area contributed by atoms with Crippen LogP contribution in [0, 0.1) is 5.92 Å². The first-order valence-corrected chi connectivity index (χ1v) is 10.4. The minimum absolute atomic E-state index is 0.0105. The smallest absolute Gasteiger partial charge is 0.317 e. The molecule has 4 rings (SSSR count). The summed E-state index contributed by atoms with van der Waals surface area (Å²) in [6.07, 6.45) is 3.22. The van der Waals surface area contributed by atoms with Gasteiger partial charge in [-0.3, -0.25) is 0 Å². The Morgan fingerprint density at radius 3 is 2.25 bits per heavy atom. The highest BCUT2D eigenvalue weighted by molar-refractivity contribution is 5.74. The average Bonchev–Trinajstić information content (AvgIpc) is 3.50. The molecule has 1 saturated carbocycles. The summed E-state index contributed by atoms with van der Waals surface area (Å²) in [6, 6.07) is 21.4. The van der Waals surface area contributed by atoms with E-state index in [2.05, 4.69) is 64.8 Å². The van der Waals surface area contributed by atoms with E-state index in [4.69, 9.17) is 0 Å². The van der Waals surface area contributed by atoms with E-state index in [0.717, 1.165) is 37.8 Å². The van der Waals surface area contributed by atoms with Gasteiger partial charge in [0.2, 0.25) is 0 Å². The molecule has 1 aliphatic heterocycles. The van der Waals surface area contributed by atoms with Crippen LogP contribution in [-0.2, 0) is 5.54 Å². The lowest BCUT2D eigenvalue weighted by atomic mass is 9.80. The average molecular weight is 378 g/mol. The fraction of sp³-hybridized carbons (Fsp3) is 0.458. The molecule has 2 fully saturated rings. The van der Waals surface area contributed by atoms with Crippen molar-refractivity contribution in [2.75, 3.05) is 33.7 Å². The topological polar surface area (TPSA) is 35.6 Å². The highest BCUT2D eigenvalue weighted by atomic mass is 16.2. The van der Waals surface area contributed by atoms with Crippen LogP contribution >= 0.6 is 0 Å². The molecule has 4 heteroatoms. The van der Waals surface area contributed by atoms with Crippen molar-refractivity contribution in [3.8, 4) is 0 Å². The summed E-state index contributed by atoms with van der Waals surface area (Å²) in [4.78, 5) is 16.7. The number of carbonyl (C=O) groups excluding carboxylic acids is 1. The Hall–Kier alpha value is -2.33. The normalized spacial score (nSPS) is 23.8. The zero-order valence-corrected chi connectivity index (χ0v) is 17.0. The monoisotopic (exact) mass is 377 g/mol. The van der Waals surface area contributed by atoms with E-state index in [0.29, 0.717) is 0 Å². The van der Waals surface area contributed by atoms with Crippen LogP contribution in [0.15, 0.2) is 60.7 Å². The summed E-state index contributed by atoms with van der Waals surface area (Å²) in [6.45, 7) is 3.23. The molecule has 148 valence electrons. The highest BCUT2D eigenvalue weighted by Crippen LogP contribution is 2.48. The lowest BCUT2D eigenvalue weighted by Crippen LogP contribution is -2.55. The van der Waals surface area contributed by atoms with Crippen LogP contribution in [0.1, 0.15) is 36.3 Å². The standard InChI is InChI=1S/C24H31N3O/c1-26(2)23(28)25-24(21-11-7-4-8-12-21)13-15-27(16-14-24)18-20-17-22(20)19-9-5-3-6-10-19/h3-12,20,22H,13-18H2,1-2H3,(H,25,28)/t20-,22+/m0/s1. The number of benzene rings is 2. The molecular weight excluding hydrogens is 346 g/mol. The van der Waals surface area contributed by atoms with Crippen LogP contribution in [0.25, 0.3) is 0 Å². The molecule has 0 unspecified atom stereocenters. The van der Waals surface area contributed by atoms with Crippen molar-refractivity contribution in [2.45, 2.75) is 30.7 Å². The second kappa shape index (κ2) is 7.96. The zero-order chi connectivity index (χ0) is 19.6. The zero-order valence-electron chi connectivity index (χ0n) is 17.0. The van der Waals surface area contributed by atoms with Crippen LogP contribution < -0.4 is 5.32 Å². The van der Waals surface area contributed by atoms with Gasteiger partial charge in [0, 0.05) is 33.7 Å². The fourth-order valence-corrected chi connectivity index (χ4v) is 4.57. The number of piperidine rings is 1. The molecule has 0 bridgehead atoms. The van der Waals surface area contributed by atoms with Crippen molar-refractivity contribution in [1.82, 2.24) is 15.1 Å². The van der Waals surface area contributed by atoms with E-state index in [9.17, 15) is 4.79 Å². The number of hydrogen-bond donors (Lipinski definition) is 1. The van der Waals surface area contributed by atoms with Gasteiger partial charge in [-0.15, -0.1) is 0 Å². The molecule has 0 radical (unpaired) electrons. The van der Waals surface area contributed by atoms with Gasteiger partial charge < -0.3 is 15.1 Å². The van der Waals surface area contributed by atoms with Crippen LogP contribution in [0.4, 0.5) is 4.79 Å². The van der Waals surface area contributed by atoms with Crippen molar-refractivity contribution in [3.63, 3.8) is 0 Å². The highest BCUT2D eigenvalue weighted by Gasteiger charge is 2.42. The molecule has 28 heavy (non-hydrogen) atoms. The first-order valence-electron chi connectivity index (χ1n) is 10.4. The van der Waals surface area contributed by atoms with Gasteiger partial charge in [0.25, 0.3) is 0 Å². The van der Waals surface area contributed by atoms with Crippen molar-refractivity contribution >= 4 is 6.03 Å². The molecule has 1 aliphatic carbocycles. The van der Waals surface area contributed by atoms with E-state index in [1.807, 2.05) is 6.07 Å². The molecule has 1 saturated heterocycles. The summed E-state index contributed by atoms with van der Waals surface area (Å²) < 4.78 is 0. The number of urea groups is 1. The summed E-state index contributed by atoms with van der Waals surface area (Å²) in [5.41, 5.74) is 2.45. The van der Waals surface area contributed by atoms with Crippen LogP contribution in [0.5, 0.6) is 0 Å². The molecule has 2 amide bonds. The van der Waals surface area contributed by atoms with E-state index >= 15 is 0 Å². The number of nitrogens with zero attached hydrogens (tertiary/aromatic N) is 2. The Morgan fingerprint density at radius 2 is 1.64 bits per heavy atom. The Labute approximate surface area is 168 Å². The van der Waals surface area contributed by atoms with E-state index in [1.54, 1.807) is 19.0 Å². The van der Waals surface area contributed by atoms with Gasteiger partial charge in [0.05, 0.1) is 5.54 Å². The molecule has 1 heterocycles. The molecule has 2 atom stereocenters. The van der Waals surface area contributed by atoms with Crippen molar-refractivity contribution in [3.05, 3.63) is 71.8 Å². The predicted octanol–water partition coefficient (Wildman–Crippen LogP) is 4.05. The molecule has 2 aromatic carbocycles. The third-order valence-electron chi connectivity index (χ3n) is 6.43. The Morgan fingerprint density at radius 1 is 1.04 bits per heavy atom. The summed E-state index contributed by atoms with van der Waals surface area (Å²) in [7, 11) is 3.61. The summed E-state index contributed by atoms with van der Waals surface area (Å²) in [5.74, 6) is 1.51. The second-order valence-electron chi connectivity index (χ2n) is 8.59. The molecule has 2 aliphatic rings. The predicted molar refractivity (Wildman–Crippen MR) is 113 cm³/mol.